The standard InChI is InChI=1S/C12H14F3NO/c1-7(2)10-6-9(16-8(3)17)4-5-11(10)12(13,14)15/h4-7H,1-3H3,(H,16,17). The normalized spacial score (nSPS) is 11.7. The van der Waals surface area contributed by atoms with Crippen LogP contribution < -0.4 is 5.32 Å². The Morgan fingerprint density at radius 3 is 2.29 bits per heavy atom. The molecule has 0 atom stereocenters. The molecule has 17 heavy (non-hydrogen) atoms. The molecule has 0 saturated heterocycles. The lowest BCUT2D eigenvalue weighted by molar-refractivity contribution is -0.138. The van der Waals surface area contributed by atoms with Crippen molar-refractivity contribution < 1.29 is 18.0 Å². The van der Waals surface area contributed by atoms with E-state index in [2.05, 4.69) is 5.32 Å². The van der Waals surface area contributed by atoms with Gasteiger partial charge in [-0.2, -0.15) is 13.2 Å². The van der Waals surface area contributed by atoms with Crippen LogP contribution in [0.25, 0.3) is 0 Å². The summed E-state index contributed by atoms with van der Waals surface area (Å²) < 4.78 is 38.1. The summed E-state index contributed by atoms with van der Waals surface area (Å²) in [7, 11) is 0. The lowest BCUT2D eigenvalue weighted by Gasteiger charge is -2.17. The molecule has 0 spiro atoms. The third-order valence-electron chi connectivity index (χ3n) is 2.30. The van der Waals surface area contributed by atoms with Crippen molar-refractivity contribution in [3.63, 3.8) is 0 Å². The highest BCUT2D eigenvalue weighted by Crippen LogP contribution is 2.36. The highest BCUT2D eigenvalue weighted by Gasteiger charge is 2.33. The molecule has 0 aliphatic heterocycles. The number of benzene rings is 1. The van der Waals surface area contributed by atoms with Crippen LogP contribution in [0.1, 0.15) is 37.8 Å². The van der Waals surface area contributed by atoms with Crippen molar-refractivity contribution in [1.29, 1.82) is 0 Å². The second-order valence-corrected chi connectivity index (χ2v) is 4.14. The second-order valence-electron chi connectivity index (χ2n) is 4.14. The minimum atomic E-state index is -4.37. The van der Waals surface area contributed by atoms with Gasteiger partial charge in [0.25, 0.3) is 0 Å². The van der Waals surface area contributed by atoms with Crippen LogP contribution in [-0.4, -0.2) is 5.91 Å². The molecule has 0 bridgehead atoms. The number of nitrogens with one attached hydrogen (secondary N) is 1. The van der Waals surface area contributed by atoms with E-state index in [0.29, 0.717) is 5.69 Å². The maximum absolute atomic E-state index is 12.7. The smallest absolute Gasteiger partial charge is 0.326 e. The van der Waals surface area contributed by atoms with E-state index in [9.17, 15) is 18.0 Å². The van der Waals surface area contributed by atoms with Crippen LogP contribution in [0.3, 0.4) is 0 Å². The first-order valence-electron chi connectivity index (χ1n) is 5.20. The van der Waals surface area contributed by atoms with E-state index in [1.807, 2.05) is 0 Å². The molecule has 5 heteroatoms. The minimum absolute atomic E-state index is 0.184. The van der Waals surface area contributed by atoms with Crippen molar-refractivity contribution in [3.8, 4) is 0 Å². The van der Waals surface area contributed by atoms with E-state index in [1.54, 1.807) is 13.8 Å². The van der Waals surface area contributed by atoms with E-state index in [4.69, 9.17) is 0 Å². The summed E-state index contributed by atoms with van der Waals surface area (Å²) in [5.41, 5.74) is -0.0837. The van der Waals surface area contributed by atoms with Gasteiger partial charge in [0.05, 0.1) is 5.56 Å². The topological polar surface area (TPSA) is 29.1 Å². The Kier molecular flexibility index (Phi) is 3.80. The zero-order valence-electron chi connectivity index (χ0n) is 9.85. The number of carbonyl (C=O) groups is 1. The molecule has 2 nitrogen and oxygen atoms in total. The number of hydrogen-bond acceptors (Lipinski definition) is 1. The van der Waals surface area contributed by atoms with Gasteiger partial charge in [-0.05, 0) is 29.7 Å². The first kappa shape index (κ1) is 13.5. The molecule has 0 unspecified atom stereocenters. The van der Waals surface area contributed by atoms with Gasteiger partial charge in [0.15, 0.2) is 0 Å². The van der Waals surface area contributed by atoms with Crippen LogP contribution in [-0.2, 0) is 11.0 Å². The third kappa shape index (κ3) is 3.47. The maximum atomic E-state index is 12.7. The number of hydrogen-bond donors (Lipinski definition) is 1. The van der Waals surface area contributed by atoms with Crippen molar-refractivity contribution in [2.24, 2.45) is 0 Å². The van der Waals surface area contributed by atoms with Gasteiger partial charge in [0.2, 0.25) is 5.91 Å². The molecular formula is C12H14F3NO. The number of alkyl halides is 3. The van der Waals surface area contributed by atoms with Gasteiger partial charge in [0.1, 0.15) is 0 Å². The monoisotopic (exact) mass is 245 g/mol. The van der Waals surface area contributed by atoms with E-state index in [0.717, 1.165) is 6.07 Å². The molecule has 0 heterocycles. The minimum Gasteiger partial charge on any atom is -0.326 e. The summed E-state index contributed by atoms with van der Waals surface area (Å²) >= 11 is 0. The zero-order chi connectivity index (χ0) is 13.2. The van der Waals surface area contributed by atoms with Crippen molar-refractivity contribution in [1.82, 2.24) is 0 Å². The lowest BCUT2D eigenvalue weighted by atomic mass is 9.96. The van der Waals surface area contributed by atoms with Crippen molar-refractivity contribution in [3.05, 3.63) is 29.3 Å². The van der Waals surface area contributed by atoms with E-state index >= 15 is 0 Å². The first-order valence-corrected chi connectivity index (χ1v) is 5.20. The SMILES string of the molecule is CC(=O)Nc1ccc(C(F)(F)F)c(C(C)C)c1. The molecule has 0 fully saturated rings. The van der Waals surface area contributed by atoms with Crippen LogP contribution >= 0.6 is 0 Å². The van der Waals surface area contributed by atoms with Crippen LogP contribution in [0.15, 0.2) is 18.2 Å². The summed E-state index contributed by atoms with van der Waals surface area (Å²) in [6.45, 7) is 4.68. The van der Waals surface area contributed by atoms with E-state index < -0.39 is 11.7 Å². The summed E-state index contributed by atoms with van der Waals surface area (Å²) in [5.74, 6) is -0.570. The molecule has 1 N–H and O–H groups in total. The fraction of sp³-hybridized carbons (Fsp3) is 0.417. The van der Waals surface area contributed by atoms with Gasteiger partial charge in [0, 0.05) is 12.6 Å². The highest BCUT2D eigenvalue weighted by molar-refractivity contribution is 5.88. The molecule has 1 aromatic rings. The summed E-state index contributed by atoms with van der Waals surface area (Å²) in [5, 5.41) is 2.47. The van der Waals surface area contributed by atoms with Crippen molar-refractivity contribution in [2.75, 3.05) is 5.32 Å². The lowest BCUT2D eigenvalue weighted by Crippen LogP contribution is -2.12. The van der Waals surface area contributed by atoms with Gasteiger partial charge in [-0.25, -0.2) is 0 Å². The predicted molar refractivity (Wildman–Crippen MR) is 59.8 cm³/mol. The maximum Gasteiger partial charge on any atom is 0.416 e. The Balaban J connectivity index is 3.22. The Morgan fingerprint density at radius 2 is 1.88 bits per heavy atom. The molecule has 0 aliphatic carbocycles. The molecule has 0 aliphatic rings. The van der Waals surface area contributed by atoms with Gasteiger partial charge in [-0.3, -0.25) is 4.79 Å². The van der Waals surface area contributed by atoms with Crippen LogP contribution in [0.2, 0.25) is 0 Å². The van der Waals surface area contributed by atoms with E-state index in [1.165, 1.54) is 19.1 Å². The fourth-order valence-corrected chi connectivity index (χ4v) is 1.58. The van der Waals surface area contributed by atoms with E-state index in [-0.39, 0.29) is 17.4 Å². The molecule has 94 valence electrons. The Bertz CT molecular complexity index is 424. The predicted octanol–water partition coefficient (Wildman–Crippen LogP) is 3.79. The van der Waals surface area contributed by atoms with Crippen molar-refractivity contribution in [2.45, 2.75) is 32.9 Å². The number of anilines is 1. The fourth-order valence-electron chi connectivity index (χ4n) is 1.58. The van der Waals surface area contributed by atoms with Crippen LogP contribution in [0.5, 0.6) is 0 Å². The van der Waals surface area contributed by atoms with Crippen LogP contribution in [0.4, 0.5) is 18.9 Å². The largest absolute Gasteiger partial charge is 0.416 e. The first-order chi connectivity index (χ1) is 7.71. The number of halogens is 3. The number of rotatable bonds is 2. The summed E-state index contributed by atoms with van der Waals surface area (Å²) in [6, 6.07) is 3.63. The number of amides is 1. The van der Waals surface area contributed by atoms with Gasteiger partial charge < -0.3 is 5.32 Å². The molecule has 0 radical (unpaired) electrons. The number of carbonyl (C=O) groups excluding carboxylic acids is 1. The molecule has 1 amide bonds. The average molecular weight is 245 g/mol. The molecule has 0 aromatic heterocycles. The van der Waals surface area contributed by atoms with Crippen LogP contribution in [0, 0.1) is 0 Å². The third-order valence-corrected chi connectivity index (χ3v) is 2.30. The summed E-state index contributed by atoms with van der Waals surface area (Å²) in [6.07, 6.45) is -4.37. The van der Waals surface area contributed by atoms with Gasteiger partial charge >= 0.3 is 6.18 Å². The summed E-state index contributed by atoms with van der Waals surface area (Å²) in [4.78, 5) is 10.8. The molecular weight excluding hydrogens is 231 g/mol. The van der Waals surface area contributed by atoms with Gasteiger partial charge in [-0.15, -0.1) is 0 Å². The second kappa shape index (κ2) is 4.77. The Hall–Kier alpha value is -1.52. The molecule has 1 rings (SSSR count). The Labute approximate surface area is 97.8 Å². The average Bonchev–Trinajstić information content (AvgIpc) is 2.14. The molecule has 1 aromatic carbocycles. The van der Waals surface area contributed by atoms with Gasteiger partial charge in [-0.1, -0.05) is 13.8 Å². The Morgan fingerprint density at radius 1 is 1.29 bits per heavy atom. The highest BCUT2D eigenvalue weighted by atomic mass is 19.4. The van der Waals surface area contributed by atoms with Crippen molar-refractivity contribution >= 4 is 11.6 Å². The zero-order valence-corrected chi connectivity index (χ0v) is 9.85. The quantitative estimate of drug-likeness (QED) is 0.843. The molecule has 0 saturated carbocycles.